The predicted molar refractivity (Wildman–Crippen MR) is 86.4 cm³/mol. The number of rotatable bonds is 7. The van der Waals surface area contributed by atoms with Crippen LogP contribution in [0.2, 0.25) is 0 Å². The third-order valence-corrected chi connectivity index (χ3v) is 4.84. The summed E-state index contributed by atoms with van der Waals surface area (Å²) in [4.78, 5) is 13.8. The van der Waals surface area contributed by atoms with Gasteiger partial charge in [0.25, 0.3) is 0 Å². The van der Waals surface area contributed by atoms with E-state index >= 15 is 0 Å². The summed E-state index contributed by atoms with van der Waals surface area (Å²) in [6.45, 7) is 8.48. The zero-order chi connectivity index (χ0) is 15.2. The molecule has 2 rings (SSSR count). The summed E-state index contributed by atoms with van der Waals surface area (Å²) in [5, 5.41) is 8.69. The number of hydrogen-bond donors (Lipinski definition) is 2. The van der Waals surface area contributed by atoms with Crippen LogP contribution in [0.3, 0.4) is 0 Å². The van der Waals surface area contributed by atoms with E-state index in [0.717, 1.165) is 13.0 Å². The molecule has 4 nitrogen and oxygen atoms in total. The molecule has 1 fully saturated rings. The average Bonchev–Trinajstić information content (AvgIpc) is 3.12. The summed E-state index contributed by atoms with van der Waals surface area (Å²) in [5.41, 5.74) is 0. The molecule has 1 amide bonds. The number of hydrogen-bond acceptors (Lipinski definition) is 4. The second kappa shape index (κ2) is 7.92. The normalized spacial score (nSPS) is 23.4. The van der Waals surface area contributed by atoms with E-state index in [1.807, 2.05) is 6.07 Å². The van der Waals surface area contributed by atoms with Crippen molar-refractivity contribution in [3.8, 4) is 0 Å². The minimum atomic E-state index is -0.0854. The Morgan fingerprint density at radius 2 is 2.29 bits per heavy atom. The van der Waals surface area contributed by atoms with Crippen molar-refractivity contribution in [3.05, 3.63) is 22.4 Å². The van der Waals surface area contributed by atoms with E-state index in [1.165, 1.54) is 4.88 Å². The molecule has 5 heteroatoms. The van der Waals surface area contributed by atoms with Gasteiger partial charge in [0.2, 0.25) is 5.91 Å². The maximum atomic E-state index is 12.6. The van der Waals surface area contributed by atoms with Crippen molar-refractivity contribution < 1.29 is 9.53 Å². The van der Waals surface area contributed by atoms with Gasteiger partial charge in [0.15, 0.2) is 0 Å². The topological polar surface area (TPSA) is 50.4 Å². The fourth-order valence-corrected chi connectivity index (χ4v) is 3.59. The summed E-state index contributed by atoms with van der Waals surface area (Å²) in [5.74, 6) is 0.392. The lowest BCUT2D eigenvalue weighted by atomic mass is 9.98. The highest BCUT2D eigenvalue weighted by atomic mass is 32.1. The molecule has 0 aromatic carbocycles. The Morgan fingerprint density at radius 3 is 2.90 bits per heavy atom. The van der Waals surface area contributed by atoms with E-state index in [1.54, 1.807) is 11.3 Å². The molecule has 118 valence electrons. The maximum absolute atomic E-state index is 12.6. The minimum Gasteiger partial charge on any atom is -0.379 e. The van der Waals surface area contributed by atoms with Crippen molar-refractivity contribution in [2.75, 3.05) is 19.8 Å². The average molecular weight is 310 g/mol. The first-order chi connectivity index (χ1) is 10.1. The maximum Gasteiger partial charge on any atom is 0.227 e. The van der Waals surface area contributed by atoms with E-state index < -0.39 is 0 Å². The molecule has 21 heavy (non-hydrogen) atoms. The number of carbonyl (C=O) groups is 1. The zero-order valence-corrected chi connectivity index (χ0v) is 13.9. The highest BCUT2D eigenvalue weighted by molar-refractivity contribution is 7.10. The van der Waals surface area contributed by atoms with Gasteiger partial charge < -0.3 is 15.4 Å². The van der Waals surface area contributed by atoms with Crippen molar-refractivity contribution in [2.24, 2.45) is 11.8 Å². The Hall–Kier alpha value is -0.910. The van der Waals surface area contributed by atoms with Gasteiger partial charge in [0.05, 0.1) is 25.2 Å². The number of thiophene rings is 1. The zero-order valence-electron chi connectivity index (χ0n) is 13.1. The van der Waals surface area contributed by atoms with Crippen LogP contribution in [0.4, 0.5) is 0 Å². The molecule has 0 spiro atoms. The Labute approximate surface area is 131 Å². The Balaban J connectivity index is 1.98. The first kappa shape index (κ1) is 16.5. The molecule has 1 aliphatic rings. The van der Waals surface area contributed by atoms with Crippen LogP contribution >= 0.6 is 11.3 Å². The SMILES string of the molecule is CCCNC1COCC1C(=O)NC(c1cccs1)C(C)C. The van der Waals surface area contributed by atoms with Crippen molar-refractivity contribution >= 4 is 17.2 Å². The van der Waals surface area contributed by atoms with Gasteiger partial charge in [-0.05, 0) is 30.3 Å². The third-order valence-electron chi connectivity index (χ3n) is 3.89. The summed E-state index contributed by atoms with van der Waals surface area (Å²) in [7, 11) is 0. The lowest BCUT2D eigenvalue weighted by molar-refractivity contribution is -0.126. The molecule has 3 atom stereocenters. The fourth-order valence-electron chi connectivity index (χ4n) is 2.64. The van der Waals surface area contributed by atoms with Crippen molar-refractivity contribution in [1.82, 2.24) is 10.6 Å². The second-order valence-electron chi connectivity index (χ2n) is 5.95. The summed E-state index contributed by atoms with van der Waals surface area (Å²) in [6, 6.07) is 4.35. The van der Waals surface area contributed by atoms with Crippen molar-refractivity contribution in [2.45, 2.75) is 39.3 Å². The molecule has 1 aromatic heterocycles. The molecule has 0 aliphatic carbocycles. The fraction of sp³-hybridized carbons (Fsp3) is 0.688. The monoisotopic (exact) mass is 310 g/mol. The van der Waals surface area contributed by atoms with Crippen LogP contribution in [0, 0.1) is 11.8 Å². The molecule has 1 saturated heterocycles. The van der Waals surface area contributed by atoms with Gasteiger partial charge in [-0.25, -0.2) is 0 Å². The highest BCUT2D eigenvalue weighted by Gasteiger charge is 2.35. The van der Waals surface area contributed by atoms with Crippen LogP contribution in [0.15, 0.2) is 17.5 Å². The van der Waals surface area contributed by atoms with E-state index in [2.05, 4.69) is 42.9 Å². The third kappa shape index (κ3) is 4.28. The standard InChI is InChI=1S/C16H26N2O2S/c1-4-7-17-13-10-20-9-12(13)16(19)18-15(11(2)3)14-6-5-8-21-14/h5-6,8,11-13,15,17H,4,7,9-10H2,1-3H3,(H,18,19). The van der Waals surface area contributed by atoms with E-state index in [4.69, 9.17) is 4.74 Å². The first-order valence-electron chi connectivity index (χ1n) is 7.78. The highest BCUT2D eigenvalue weighted by Crippen LogP contribution is 2.27. The van der Waals surface area contributed by atoms with Crippen LogP contribution in [0.1, 0.15) is 38.1 Å². The molecule has 0 saturated carbocycles. The summed E-state index contributed by atoms with van der Waals surface area (Å²) >= 11 is 1.70. The molecule has 1 aliphatic heterocycles. The smallest absolute Gasteiger partial charge is 0.227 e. The van der Waals surface area contributed by atoms with Crippen LogP contribution in [0.25, 0.3) is 0 Å². The van der Waals surface area contributed by atoms with E-state index in [9.17, 15) is 4.79 Å². The van der Waals surface area contributed by atoms with Crippen molar-refractivity contribution in [3.63, 3.8) is 0 Å². The van der Waals surface area contributed by atoms with Crippen LogP contribution in [0.5, 0.6) is 0 Å². The van der Waals surface area contributed by atoms with Gasteiger partial charge in [0, 0.05) is 10.9 Å². The van der Waals surface area contributed by atoms with Gasteiger partial charge in [-0.2, -0.15) is 0 Å². The lowest BCUT2D eigenvalue weighted by Gasteiger charge is -2.25. The van der Waals surface area contributed by atoms with Crippen LogP contribution < -0.4 is 10.6 Å². The number of amides is 1. The van der Waals surface area contributed by atoms with Gasteiger partial charge in [-0.15, -0.1) is 11.3 Å². The molecular formula is C16H26N2O2S. The van der Waals surface area contributed by atoms with E-state index in [0.29, 0.717) is 19.1 Å². The molecule has 2 heterocycles. The quantitative estimate of drug-likeness (QED) is 0.814. The first-order valence-corrected chi connectivity index (χ1v) is 8.66. The molecular weight excluding hydrogens is 284 g/mol. The molecule has 1 aromatic rings. The van der Waals surface area contributed by atoms with Gasteiger partial charge in [0.1, 0.15) is 0 Å². The van der Waals surface area contributed by atoms with E-state index in [-0.39, 0.29) is 23.9 Å². The van der Waals surface area contributed by atoms with Gasteiger partial charge >= 0.3 is 0 Å². The van der Waals surface area contributed by atoms with Gasteiger partial charge in [-0.1, -0.05) is 26.8 Å². The molecule has 3 unspecified atom stereocenters. The van der Waals surface area contributed by atoms with Crippen LogP contribution in [-0.4, -0.2) is 31.7 Å². The Bertz CT molecular complexity index is 433. The largest absolute Gasteiger partial charge is 0.379 e. The molecule has 0 radical (unpaired) electrons. The summed E-state index contributed by atoms with van der Waals surface area (Å²) < 4.78 is 5.50. The lowest BCUT2D eigenvalue weighted by Crippen LogP contribution is -2.45. The molecule has 2 N–H and O–H groups in total. The Kier molecular flexibility index (Phi) is 6.21. The number of ether oxygens (including phenoxy) is 1. The van der Waals surface area contributed by atoms with Crippen LogP contribution in [-0.2, 0) is 9.53 Å². The molecule has 0 bridgehead atoms. The predicted octanol–water partition coefficient (Wildman–Crippen LogP) is 2.58. The van der Waals surface area contributed by atoms with Gasteiger partial charge in [-0.3, -0.25) is 4.79 Å². The summed E-state index contributed by atoms with van der Waals surface area (Å²) in [6.07, 6.45) is 1.06. The minimum absolute atomic E-state index is 0.0854. The second-order valence-corrected chi connectivity index (χ2v) is 6.93. The number of nitrogens with one attached hydrogen (secondary N) is 2. The van der Waals surface area contributed by atoms with Crippen molar-refractivity contribution in [1.29, 1.82) is 0 Å². The Morgan fingerprint density at radius 1 is 1.48 bits per heavy atom. The number of carbonyl (C=O) groups excluding carboxylic acids is 1.